The van der Waals surface area contributed by atoms with Crippen molar-refractivity contribution in [1.29, 1.82) is 0 Å². The summed E-state index contributed by atoms with van der Waals surface area (Å²) in [6.07, 6.45) is 1.45. The van der Waals surface area contributed by atoms with Gasteiger partial charge in [0.25, 0.3) is 0 Å². The summed E-state index contributed by atoms with van der Waals surface area (Å²) < 4.78 is 6.56. The zero-order chi connectivity index (χ0) is 13.8. The molecule has 0 amide bonds. The quantitative estimate of drug-likeness (QED) is 0.855. The highest BCUT2D eigenvalue weighted by Crippen LogP contribution is 2.22. The van der Waals surface area contributed by atoms with E-state index >= 15 is 0 Å². The molecule has 1 aromatic carbocycles. The lowest BCUT2D eigenvalue weighted by molar-refractivity contribution is 0.0527. The Morgan fingerprint density at radius 2 is 2.11 bits per heavy atom. The summed E-state index contributed by atoms with van der Waals surface area (Å²) in [6, 6.07) is 9.82. The predicted octanol–water partition coefficient (Wildman–Crippen LogP) is 2.25. The van der Waals surface area contributed by atoms with Crippen molar-refractivity contribution < 1.29 is 9.53 Å². The van der Waals surface area contributed by atoms with Gasteiger partial charge in [-0.25, -0.2) is 9.48 Å². The molecule has 1 unspecified atom stereocenters. The molecular formula is C14H17N3O2. The number of benzene rings is 1. The van der Waals surface area contributed by atoms with E-state index in [0.717, 1.165) is 5.56 Å². The standard InChI is InChI=1S/C14H17N3O2/c1-3-19-14(18)12-9-16-17(13(12)15)10(2)11-7-5-4-6-8-11/h4-10H,3,15H2,1-2H3. The Bertz CT molecular complexity index is 563. The molecule has 0 aliphatic heterocycles. The summed E-state index contributed by atoms with van der Waals surface area (Å²) in [4.78, 5) is 11.7. The van der Waals surface area contributed by atoms with Gasteiger partial charge in [0.05, 0.1) is 18.8 Å². The van der Waals surface area contributed by atoms with E-state index in [0.29, 0.717) is 18.0 Å². The first kappa shape index (κ1) is 13.1. The molecule has 2 N–H and O–H groups in total. The molecule has 0 aliphatic rings. The van der Waals surface area contributed by atoms with E-state index in [1.54, 1.807) is 11.6 Å². The molecule has 1 heterocycles. The van der Waals surface area contributed by atoms with Crippen LogP contribution in [0.1, 0.15) is 35.8 Å². The SMILES string of the molecule is CCOC(=O)c1cnn(C(C)c2ccccc2)c1N. The van der Waals surface area contributed by atoms with Crippen LogP contribution in [-0.2, 0) is 4.74 Å². The van der Waals surface area contributed by atoms with E-state index < -0.39 is 5.97 Å². The van der Waals surface area contributed by atoms with Gasteiger partial charge in [-0.2, -0.15) is 5.10 Å². The number of carbonyl (C=O) groups is 1. The highest BCUT2D eigenvalue weighted by molar-refractivity contribution is 5.94. The summed E-state index contributed by atoms with van der Waals surface area (Å²) in [7, 11) is 0. The molecule has 2 aromatic rings. The number of ether oxygens (including phenoxy) is 1. The minimum atomic E-state index is -0.438. The molecule has 0 saturated heterocycles. The number of nitrogen functional groups attached to an aromatic ring is 1. The molecule has 19 heavy (non-hydrogen) atoms. The van der Waals surface area contributed by atoms with Crippen LogP contribution in [0.3, 0.4) is 0 Å². The fourth-order valence-corrected chi connectivity index (χ4v) is 1.92. The van der Waals surface area contributed by atoms with E-state index in [2.05, 4.69) is 5.10 Å². The molecule has 1 aromatic heterocycles. The topological polar surface area (TPSA) is 70.1 Å². The van der Waals surface area contributed by atoms with Gasteiger partial charge in [-0.15, -0.1) is 0 Å². The lowest BCUT2D eigenvalue weighted by atomic mass is 10.1. The van der Waals surface area contributed by atoms with Crippen LogP contribution in [0.4, 0.5) is 5.82 Å². The normalized spacial score (nSPS) is 12.1. The number of hydrogen-bond donors (Lipinski definition) is 1. The second-order valence-corrected chi connectivity index (χ2v) is 4.20. The highest BCUT2D eigenvalue weighted by atomic mass is 16.5. The summed E-state index contributed by atoms with van der Waals surface area (Å²) in [5, 5.41) is 4.19. The maximum atomic E-state index is 11.7. The molecular weight excluding hydrogens is 242 g/mol. The molecule has 0 aliphatic carbocycles. The van der Waals surface area contributed by atoms with Crippen molar-refractivity contribution in [3.8, 4) is 0 Å². The molecule has 5 nitrogen and oxygen atoms in total. The average molecular weight is 259 g/mol. The zero-order valence-corrected chi connectivity index (χ0v) is 11.0. The first-order chi connectivity index (χ1) is 9.15. The third-order valence-corrected chi connectivity index (χ3v) is 2.98. The minimum absolute atomic E-state index is 0.0376. The van der Waals surface area contributed by atoms with E-state index in [1.165, 1.54) is 6.20 Å². The Kier molecular flexibility index (Phi) is 3.85. The van der Waals surface area contributed by atoms with Crippen molar-refractivity contribution in [1.82, 2.24) is 9.78 Å². The molecule has 0 bridgehead atoms. The van der Waals surface area contributed by atoms with Crippen LogP contribution in [0.2, 0.25) is 0 Å². The molecule has 2 rings (SSSR count). The van der Waals surface area contributed by atoms with Crippen molar-refractivity contribution in [2.75, 3.05) is 12.3 Å². The summed E-state index contributed by atoms with van der Waals surface area (Å²) in [5.74, 6) is -0.110. The smallest absolute Gasteiger partial charge is 0.343 e. The van der Waals surface area contributed by atoms with Crippen molar-refractivity contribution in [3.63, 3.8) is 0 Å². The third kappa shape index (κ3) is 2.59. The van der Waals surface area contributed by atoms with Crippen molar-refractivity contribution in [2.24, 2.45) is 0 Å². The van der Waals surface area contributed by atoms with Crippen LogP contribution in [-0.4, -0.2) is 22.4 Å². The second-order valence-electron chi connectivity index (χ2n) is 4.20. The molecule has 100 valence electrons. The molecule has 0 saturated carbocycles. The van der Waals surface area contributed by atoms with Gasteiger partial charge in [0, 0.05) is 0 Å². The number of esters is 1. The van der Waals surface area contributed by atoms with Crippen LogP contribution in [0.15, 0.2) is 36.5 Å². The summed E-state index contributed by atoms with van der Waals surface area (Å²) in [6.45, 7) is 4.05. The fourth-order valence-electron chi connectivity index (χ4n) is 1.92. The second kappa shape index (κ2) is 5.56. The number of nitrogens with two attached hydrogens (primary N) is 1. The Balaban J connectivity index is 2.29. The Morgan fingerprint density at radius 3 is 2.74 bits per heavy atom. The highest BCUT2D eigenvalue weighted by Gasteiger charge is 2.19. The van der Waals surface area contributed by atoms with Gasteiger partial charge in [-0.05, 0) is 19.4 Å². The number of nitrogens with zero attached hydrogens (tertiary/aromatic N) is 2. The third-order valence-electron chi connectivity index (χ3n) is 2.98. The van der Waals surface area contributed by atoms with Crippen molar-refractivity contribution in [3.05, 3.63) is 47.7 Å². The van der Waals surface area contributed by atoms with E-state index in [9.17, 15) is 4.79 Å². The summed E-state index contributed by atoms with van der Waals surface area (Å²) in [5.41, 5.74) is 7.36. The van der Waals surface area contributed by atoms with Gasteiger partial charge in [0.2, 0.25) is 0 Å². The van der Waals surface area contributed by atoms with E-state index in [4.69, 9.17) is 10.5 Å². The largest absolute Gasteiger partial charge is 0.462 e. The lowest BCUT2D eigenvalue weighted by Crippen LogP contribution is -2.13. The first-order valence-electron chi connectivity index (χ1n) is 6.20. The van der Waals surface area contributed by atoms with Crippen molar-refractivity contribution in [2.45, 2.75) is 19.9 Å². The van der Waals surface area contributed by atoms with Gasteiger partial charge in [-0.1, -0.05) is 30.3 Å². The molecule has 0 spiro atoms. The lowest BCUT2D eigenvalue weighted by Gasteiger charge is -2.14. The number of rotatable bonds is 4. The monoisotopic (exact) mass is 259 g/mol. The minimum Gasteiger partial charge on any atom is -0.462 e. The van der Waals surface area contributed by atoms with E-state index in [1.807, 2.05) is 37.3 Å². The van der Waals surface area contributed by atoms with Crippen LogP contribution in [0, 0.1) is 0 Å². The average Bonchev–Trinajstić information content (AvgIpc) is 2.81. The van der Waals surface area contributed by atoms with Crippen LogP contribution in [0.25, 0.3) is 0 Å². The number of carbonyl (C=O) groups excluding carboxylic acids is 1. The number of aromatic nitrogens is 2. The Labute approximate surface area is 112 Å². The van der Waals surface area contributed by atoms with Gasteiger partial charge < -0.3 is 10.5 Å². The van der Waals surface area contributed by atoms with Gasteiger partial charge in [0.15, 0.2) is 0 Å². The fraction of sp³-hybridized carbons (Fsp3) is 0.286. The molecule has 0 radical (unpaired) electrons. The van der Waals surface area contributed by atoms with Gasteiger partial charge in [0.1, 0.15) is 11.4 Å². The Morgan fingerprint density at radius 1 is 1.42 bits per heavy atom. The summed E-state index contributed by atoms with van der Waals surface area (Å²) >= 11 is 0. The number of anilines is 1. The Hall–Kier alpha value is -2.30. The first-order valence-corrected chi connectivity index (χ1v) is 6.20. The molecule has 1 atom stereocenters. The van der Waals surface area contributed by atoms with Crippen LogP contribution < -0.4 is 5.73 Å². The maximum absolute atomic E-state index is 11.7. The van der Waals surface area contributed by atoms with Crippen LogP contribution in [0.5, 0.6) is 0 Å². The predicted molar refractivity (Wildman–Crippen MR) is 72.9 cm³/mol. The van der Waals surface area contributed by atoms with Crippen LogP contribution >= 0.6 is 0 Å². The van der Waals surface area contributed by atoms with E-state index in [-0.39, 0.29) is 6.04 Å². The van der Waals surface area contributed by atoms with Gasteiger partial charge in [-0.3, -0.25) is 0 Å². The van der Waals surface area contributed by atoms with Crippen molar-refractivity contribution >= 4 is 11.8 Å². The number of hydrogen-bond acceptors (Lipinski definition) is 4. The van der Waals surface area contributed by atoms with Gasteiger partial charge >= 0.3 is 5.97 Å². The maximum Gasteiger partial charge on any atom is 0.343 e. The zero-order valence-electron chi connectivity index (χ0n) is 11.0. The molecule has 0 fully saturated rings. The molecule has 5 heteroatoms.